The molecule has 2 aromatic carbocycles. The second-order valence-electron chi connectivity index (χ2n) is 4.52. The average molecular weight is 311 g/mol. The normalized spacial score (nSPS) is 10.4. The molecule has 0 bridgehead atoms. The van der Waals surface area contributed by atoms with Gasteiger partial charge in [0.05, 0.1) is 18.5 Å². The minimum atomic E-state index is -0.537. The molecule has 0 saturated carbocycles. The fraction of sp³-hybridized carbons (Fsp3) is 0.0625. The van der Waals surface area contributed by atoms with Crippen LogP contribution in [0, 0.1) is 4.77 Å². The Balaban J connectivity index is 2.27. The molecule has 0 spiro atoms. The van der Waals surface area contributed by atoms with Gasteiger partial charge < -0.3 is 4.74 Å². The number of nitrogens with zero attached hydrogens (tertiary/aromatic N) is 3. The van der Waals surface area contributed by atoms with Crippen molar-refractivity contribution in [2.45, 2.75) is 0 Å². The number of ether oxygens (including phenoxy) is 1. The van der Waals surface area contributed by atoms with Crippen LogP contribution >= 0.6 is 12.2 Å². The van der Waals surface area contributed by atoms with Crippen LogP contribution in [-0.4, -0.2) is 27.4 Å². The van der Waals surface area contributed by atoms with Crippen molar-refractivity contribution in [2.75, 3.05) is 7.11 Å². The summed E-state index contributed by atoms with van der Waals surface area (Å²) < 4.78 is 8.38. The summed E-state index contributed by atoms with van der Waals surface area (Å²) >= 11 is 5.50. The highest BCUT2D eigenvalue weighted by Gasteiger charge is 2.20. The minimum Gasteiger partial charge on any atom is -0.463 e. The van der Waals surface area contributed by atoms with E-state index in [1.54, 1.807) is 9.25 Å². The Morgan fingerprint density at radius 1 is 1.00 bits per heavy atom. The standard InChI is InChI=1S/C16H13N3O2S/c1-21-15(20)14-17-19(13-10-6-3-7-11-13)16(22)18(14)12-8-4-2-5-9-12/h2-11H,1H3. The van der Waals surface area contributed by atoms with E-state index in [0.29, 0.717) is 4.77 Å². The van der Waals surface area contributed by atoms with Gasteiger partial charge in [0.15, 0.2) is 0 Å². The first-order valence-electron chi connectivity index (χ1n) is 6.63. The summed E-state index contributed by atoms with van der Waals surface area (Å²) in [5, 5.41) is 4.33. The van der Waals surface area contributed by atoms with E-state index in [0.717, 1.165) is 11.4 Å². The molecule has 1 aromatic heterocycles. The maximum Gasteiger partial charge on any atom is 0.376 e. The zero-order valence-electron chi connectivity index (χ0n) is 11.8. The van der Waals surface area contributed by atoms with Gasteiger partial charge in [-0.1, -0.05) is 36.4 Å². The van der Waals surface area contributed by atoms with E-state index in [1.807, 2.05) is 60.7 Å². The first kappa shape index (κ1) is 14.2. The van der Waals surface area contributed by atoms with E-state index in [9.17, 15) is 4.79 Å². The molecule has 6 heteroatoms. The molecule has 0 N–H and O–H groups in total. The number of hydrogen-bond donors (Lipinski definition) is 0. The number of carbonyl (C=O) groups is 1. The van der Waals surface area contributed by atoms with Crippen LogP contribution in [0.2, 0.25) is 0 Å². The number of esters is 1. The molecule has 0 unspecified atom stereocenters. The quantitative estimate of drug-likeness (QED) is 0.550. The molecule has 3 aromatic rings. The Bertz CT molecular complexity index is 854. The number of aromatic nitrogens is 3. The molecule has 0 amide bonds. The molecule has 0 aliphatic carbocycles. The summed E-state index contributed by atoms with van der Waals surface area (Å²) in [6, 6.07) is 18.8. The van der Waals surface area contributed by atoms with Gasteiger partial charge >= 0.3 is 5.97 Å². The van der Waals surface area contributed by atoms with Crippen molar-refractivity contribution in [1.29, 1.82) is 0 Å². The van der Waals surface area contributed by atoms with Crippen LogP contribution in [-0.2, 0) is 4.74 Å². The fourth-order valence-electron chi connectivity index (χ4n) is 2.14. The third-order valence-corrected chi connectivity index (χ3v) is 3.52. The van der Waals surface area contributed by atoms with E-state index in [-0.39, 0.29) is 5.82 Å². The first-order valence-corrected chi connectivity index (χ1v) is 7.04. The van der Waals surface area contributed by atoms with E-state index < -0.39 is 5.97 Å². The van der Waals surface area contributed by atoms with E-state index in [4.69, 9.17) is 17.0 Å². The molecule has 0 radical (unpaired) electrons. The van der Waals surface area contributed by atoms with Gasteiger partial charge in [-0.15, -0.1) is 5.10 Å². The number of carbonyl (C=O) groups excluding carboxylic acids is 1. The average Bonchev–Trinajstić information content (AvgIpc) is 2.93. The zero-order valence-corrected chi connectivity index (χ0v) is 12.7. The maximum absolute atomic E-state index is 12.0. The van der Waals surface area contributed by atoms with Gasteiger partial charge in [-0.3, -0.25) is 4.57 Å². The molecule has 0 aliphatic heterocycles. The lowest BCUT2D eigenvalue weighted by Gasteiger charge is -2.04. The highest BCUT2D eigenvalue weighted by Crippen LogP contribution is 2.16. The Morgan fingerprint density at radius 2 is 1.55 bits per heavy atom. The lowest BCUT2D eigenvalue weighted by molar-refractivity contribution is 0.0583. The molecular weight excluding hydrogens is 298 g/mol. The number of benzene rings is 2. The van der Waals surface area contributed by atoms with Crippen molar-refractivity contribution in [3.05, 3.63) is 71.3 Å². The summed E-state index contributed by atoms with van der Waals surface area (Å²) in [4.78, 5) is 12.0. The molecule has 0 saturated heterocycles. The molecule has 22 heavy (non-hydrogen) atoms. The van der Waals surface area contributed by atoms with Gasteiger partial charge in [0.25, 0.3) is 0 Å². The Hall–Kier alpha value is -2.73. The molecule has 0 aliphatic rings. The molecule has 5 nitrogen and oxygen atoms in total. The molecule has 0 fully saturated rings. The third kappa shape index (κ3) is 2.44. The van der Waals surface area contributed by atoms with E-state index in [2.05, 4.69) is 5.10 Å². The van der Waals surface area contributed by atoms with Gasteiger partial charge in [-0.25, -0.2) is 9.48 Å². The predicted octanol–water partition coefficient (Wildman–Crippen LogP) is 3.18. The van der Waals surface area contributed by atoms with Crippen LogP contribution in [0.5, 0.6) is 0 Å². The minimum absolute atomic E-state index is 0.141. The van der Waals surface area contributed by atoms with Crippen LogP contribution in [0.15, 0.2) is 60.7 Å². The summed E-state index contributed by atoms with van der Waals surface area (Å²) in [6.07, 6.45) is 0. The van der Waals surface area contributed by atoms with Crippen molar-refractivity contribution in [2.24, 2.45) is 0 Å². The fourth-order valence-corrected chi connectivity index (χ4v) is 2.48. The predicted molar refractivity (Wildman–Crippen MR) is 85.1 cm³/mol. The highest BCUT2D eigenvalue weighted by atomic mass is 32.1. The lowest BCUT2D eigenvalue weighted by atomic mass is 10.3. The van der Waals surface area contributed by atoms with Crippen LogP contribution in [0.3, 0.4) is 0 Å². The smallest absolute Gasteiger partial charge is 0.376 e. The summed E-state index contributed by atoms with van der Waals surface area (Å²) in [5.74, 6) is -0.396. The largest absolute Gasteiger partial charge is 0.463 e. The van der Waals surface area contributed by atoms with Gasteiger partial charge in [-0.05, 0) is 36.5 Å². The van der Waals surface area contributed by atoms with E-state index >= 15 is 0 Å². The Kier molecular flexibility index (Phi) is 3.84. The Labute approximate surface area is 132 Å². The van der Waals surface area contributed by atoms with Gasteiger partial charge in [-0.2, -0.15) is 0 Å². The summed E-state index contributed by atoms with van der Waals surface area (Å²) in [6.45, 7) is 0. The van der Waals surface area contributed by atoms with Crippen molar-refractivity contribution in [3.63, 3.8) is 0 Å². The highest BCUT2D eigenvalue weighted by molar-refractivity contribution is 7.71. The van der Waals surface area contributed by atoms with Gasteiger partial charge in [0.1, 0.15) is 0 Å². The summed E-state index contributed by atoms with van der Waals surface area (Å²) in [7, 11) is 1.32. The monoisotopic (exact) mass is 311 g/mol. The van der Waals surface area contributed by atoms with Gasteiger partial charge in [0, 0.05) is 0 Å². The maximum atomic E-state index is 12.0. The van der Waals surface area contributed by atoms with Crippen LogP contribution in [0.1, 0.15) is 10.6 Å². The first-order chi connectivity index (χ1) is 10.7. The van der Waals surface area contributed by atoms with Crippen LogP contribution in [0.4, 0.5) is 0 Å². The second kappa shape index (κ2) is 5.95. The number of rotatable bonds is 3. The van der Waals surface area contributed by atoms with Gasteiger partial charge in [0.2, 0.25) is 10.6 Å². The Morgan fingerprint density at radius 3 is 2.09 bits per heavy atom. The van der Waals surface area contributed by atoms with Crippen molar-refractivity contribution < 1.29 is 9.53 Å². The number of methoxy groups -OCH3 is 1. The molecule has 110 valence electrons. The molecule has 1 heterocycles. The zero-order chi connectivity index (χ0) is 15.5. The van der Waals surface area contributed by atoms with Crippen molar-refractivity contribution >= 4 is 18.2 Å². The number of para-hydroxylation sites is 2. The van der Waals surface area contributed by atoms with E-state index in [1.165, 1.54) is 7.11 Å². The topological polar surface area (TPSA) is 49.0 Å². The molecule has 3 rings (SSSR count). The van der Waals surface area contributed by atoms with Crippen molar-refractivity contribution in [3.8, 4) is 11.4 Å². The summed E-state index contributed by atoms with van der Waals surface area (Å²) in [5.41, 5.74) is 1.54. The van der Waals surface area contributed by atoms with Crippen LogP contribution < -0.4 is 0 Å². The molecule has 0 atom stereocenters. The SMILES string of the molecule is COC(=O)c1nn(-c2ccccc2)c(=S)n1-c1ccccc1. The third-order valence-electron chi connectivity index (χ3n) is 3.16. The number of hydrogen-bond acceptors (Lipinski definition) is 4. The lowest BCUT2D eigenvalue weighted by Crippen LogP contribution is -2.10. The van der Waals surface area contributed by atoms with Crippen molar-refractivity contribution in [1.82, 2.24) is 14.3 Å². The second-order valence-corrected chi connectivity index (χ2v) is 4.88. The van der Waals surface area contributed by atoms with Crippen LogP contribution in [0.25, 0.3) is 11.4 Å². The molecular formula is C16H13N3O2S.